The number of hydrogen-bond donors (Lipinski definition) is 1. The highest BCUT2D eigenvalue weighted by atomic mass is 35.5. The van der Waals surface area contributed by atoms with Crippen LogP contribution in [0.5, 0.6) is 5.75 Å². The Kier molecular flexibility index (Phi) is 5.41. The summed E-state index contributed by atoms with van der Waals surface area (Å²) in [6.45, 7) is 1.05. The van der Waals surface area contributed by atoms with E-state index < -0.39 is 0 Å². The fourth-order valence-electron chi connectivity index (χ4n) is 1.95. The lowest BCUT2D eigenvalue weighted by Gasteiger charge is -2.17. The Balaban J connectivity index is 2.20. The van der Waals surface area contributed by atoms with Crippen molar-refractivity contribution in [1.29, 1.82) is 0 Å². The van der Waals surface area contributed by atoms with Crippen LogP contribution in [0.1, 0.15) is 17.2 Å². The minimum atomic E-state index is -0.244. The molecular weight excluding hydrogens is 274 g/mol. The number of hydrogen-bond acceptors (Lipinski definition) is 3. The maximum Gasteiger partial charge on any atom is 0.124 e. The van der Waals surface area contributed by atoms with Crippen molar-refractivity contribution < 1.29 is 9.47 Å². The number of halogens is 1. The highest BCUT2D eigenvalue weighted by molar-refractivity contribution is 6.30. The SMILES string of the molecule is COCCOc1ccccc1C(N)c1ccc(Cl)cc1. The van der Waals surface area contributed by atoms with Crippen LogP contribution in [0.4, 0.5) is 0 Å². The van der Waals surface area contributed by atoms with Crippen LogP contribution < -0.4 is 10.5 Å². The first-order valence-electron chi connectivity index (χ1n) is 6.44. The summed E-state index contributed by atoms with van der Waals surface area (Å²) < 4.78 is 10.7. The third-order valence-corrected chi connectivity index (χ3v) is 3.28. The van der Waals surface area contributed by atoms with Gasteiger partial charge in [0, 0.05) is 17.7 Å². The Labute approximate surface area is 124 Å². The molecule has 0 aliphatic heterocycles. The van der Waals surface area contributed by atoms with E-state index in [4.69, 9.17) is 26.8 Å². The summed E-state index contributed by atoms with van der Waals surface area (Å²) in [6.07, 6.45) is 0. The van der Waals surface area contributed by atoms with Gasteiger partial charge in [0.05, 0.1) is 12.6 Å². The lowest BCUT2D eigenvalue weighted by atomic mass is 9.99. The first-order chi connectivity index (χ1) is 9.72. The van der Waals surface area contributed by atoms with Gasteiger partial charge >= 0.3 is 0 Å². The van der Waals surface area contributed by atoms with Crippen molar-refractivity contribution in [1.82, 2.24) is 0 Å². The zero-order valence-corrected chi connectivity index (χ0v) is 12.1. The summed E-state index contributed by atoms with van der Waals surface area (Å²) in [6, 6.07) is 15.1. The molecule has 0 amide bonds. The average molecular weight is 292 g/mol. The van der Waals surface area contributed by atoms with Crippen molar-refractivity contribution in [3.8, 4) is 5.75 Å². The summed E-state index contributed by atoms with van der Waals surface area (Å²) in [7, 11) is 1.65. The highest BCUT2D eigenvalue weighted by Crippen LogP contribution is 2.28. The van der Waals surface area contributed by atoms with Crippen molar-refractivity contribution in [2.75, 3.05) is 20.3 Å². The van der Waals surface area contributed by atoms with Gasteiger partial charge < -0.3 is 15.2 Å². The molecule has 0 saturated carbocycles. The minimum Gasteiger partial charge on any atom is -0.491 e. The summed E-state index contributed by atoms with van der Waals surface area (Å²) in [5.74, 6) is 0.784. The standard InChI is InChI=1S/C16H18ClNO2/c1-19-10-11-20-15-5-3-2-4-14(15)16(18)12-6-8-13(17)9-7-12/h2-9,16H,10-11,18H2,1H3. The number of para-hydroxylation sites is 1. The van der Waals surface area contributed by atoms with Gasteiger partial charge in [0.25, 0.3) is 0 Å². The molecule has 0 bridgehead atoms. The molecule has 2 N–H and O–H groups in total. The lowest BCUT2D eigenvalue weighted by molar-refractivity contribution is 0.145. The fourth-order valence-corrected chi connectivity index (χ4v) is 2.08. The van der Waals surface area contributed by atoms with Crippen LogP contribution in [0.2, 0.25) is 5.02 Å². The topological polar surface area (TPSA) is 44.5 Å². The van der Waals surface area contributed by atoms with E-state index in [1.54, 1.807) is 7.11 Å². The van der Waals surface area contributed by atoms with Crippen molar-refractivity contribution in [2.24, 2.45) is 5.73 Å². The van der Waals surface area contributed by atoms with Crippen LogP contribution in [-0.4, -0.2) is 20.3 Å². The first kappa shape index (κ1) is 14.9. The summed E-state index contributed by atoms with van der Waals surface area (Å²) in [5.41, 5.74) is 8.26. The maximum absolute atomic E-state index is 6.32. The van der Waals surface area contributed by atoms with E-state index in [0.29, 0.717) is 18.2 Å². The van der Waals surface area contributed by atoms with E-state index in [9.17, 15) is 0 Å². The van der Waals surface area contributed by atoms with Crippen LogP contribution in [0.15, 0.2) is 48.5 Å². The second-order valence-corrected chi connectivity index (χ2v) is 4.84. The Morgan fingerprint density at radius 3 is 2.45 bits per heavy atom. The van der Waals surface area contributed by atoms with Gasteiger partial charge in [-0.25, -0.2) is 0 Å². The van der Waals surface area contributed by atoms with E-state index in [1.165, 1.54) is 0 Å². The molecule has 0 fully saturated rings. The van der Waals surface area contributed by atoms with E-state index in [1.807, 2.05) is 48.5 Å². The third-order valence-electron chi connectivity index (χ3n) is 3.03. The first-order valence-corrected chi connectivity index (χ1v) is 6.82. The largest absolute Gasteiger partial charge is 0.491 e. The van der Waals surface area contributed by atoms with Crippen molar-refractivity contribution in [2.45, 2.75) is 6.04 Å². The smallest absolute Gasteiger partial charge is 0.124 e. The molecule has 0 heterocycles. The average Bonchev–Trinajstić information content (AvgIpc) is 2.48. The second-order valence-electron chi connectivity index (χ2n) is 4.41. The number of benzene rings is 2. The highest BCUT2D eigenvalue weighted by Gasteiger charge is 2.13. The molecule has 2 aromatic carbocycles. The Morgan fingerprint density at radius 1 is 1.05 bits per heavy atom. The number of rotatable bonds is 6. The molecule has 3 nitrogen and oxygen atoms in total. The van der Waals surface area contributed by atoms with Crippen molar-refractivity contribution in [3.05, 3.63) is 64.7 Å². The van der Waals surface area contributed by atoms with E-state index in [-0.39, 0.29) is 6.04 Å². The van der Waals surface area contributed by atoms with Crippen LogP contribution in [0, 0.1) is 0 Å². The summed E-state index contributed by atoms with van der Waals surface area (Å²) in [4.78, 5) is 0. The fraction of sp³-hybridized carbons (Fsp3) is 0.250. The summed E-state index contributed by atoms with van der Waals surface area (Å²) in [5, 5.41) is 0.700. The molecule has 1 unspecified atom stereocenters. The van der Waals surface area contributed by atoms with Gasteiger partial charge in [-0.3, -0.25) is 0 Å². The zero-order valence-electron chi connectivity index (χ0n) is 11.4. The molecule has 0 aliphatic carbocycles. The number of methoxy groups -OCH3 is 1. The van der Waals surface area contributed by atoms with Crippen LogP contribution >= 0.6 is 11.6 Å². The monoisotopic (exact) mass is 291 g/mol. The lowest BCUT2D eigenvalue weighted by Crippen LogP contribution is -2.14. The molecule has 2 rings (SSSR count). The summed E-state index contributed by atoms with van der Waals surface area (Å²) >= 11 is 5.90. The second kappa shape index (κ2) is 7.29. The number of ether oxygens (including phenoxy) is 2. The van der Waals surface area contributed by atoms with Crippen LogP contribution in [-0.2, 0) is 4.74 Å². The van der Waals surface area contributed by atoms with Gasteiger partial charge in [0.2, 0.25) is 0 Å². The zero-order chi connectivity index (χ0) is 14.4. The molecule has 106 valence electrons. The molecule has 0 saturated heterocycles. The molecule has 20 heavy (non-hydrogen) atoms. The van der Waals surface area contributed by atoms with Crippen molar-refractivity contribution >= 4 is 11.6 Å². The van der Waals surface area contributed by atoms with Gasteiger partial charge in [0.1, 0.15) is 12.4 Å². The van der Waals surface area contributed by atoms with E-state index >= 15 is 0 Å². The Morgan fingerprint density at radius 2 is 1.75 bits per heavy atom. The molecule has 1 atom stereocenters. The normalized spacial score (nSPS) is 12.2. The molecule has 0 aromatic heterocycles. The number of nitrogens with two attached hydrogens (primary N) is 1. The van der Waals surface area contributed by atoms with Gasteiger partial charge in [-0.05, 0) is 23.8 Å². The molecule has 0 radical (unpaired) electrons. The van der Waals surface area contributed by atoms with Gasteiger partial charge in [-0.1, -0.05) is 41.9 Å². The van der Waals surface area contributed by atoms with Crippen LogP contribution in [0.25, 0.3) is 0 Å². The van der Waals surface area contributed by atoms with Crippen LogP contribution in [0.3, 0.4) is 0 Å². The maximum atomic E-state index is 6.32. The minimum absolute atomic E-state index is 0.244. The van der Waals surface area contributed by atoms with Crippen molar-refractivity contribution in [3.63, 3.8) is 0 Å². The third kappa shape index (κ3) is 3.73. The van der Waals surface area contributed by atoms with Gasteiger partial charge in [0.15, 0.2) is 0 Å². The van der Waals surface area contributed by atoms with E-state index in [0.717, 1.165) is 16.9 Å². The molecule has 0 spiro atoms. The quantitative estimate of drug-likeness (QED) is 0.830. The van der Waals surface area contributed by atoms with E-state index in [2.05, 4.69) is 0 Å². The molecular formula is C16H18ClNO2. The Hall–Kier alpha value is -1.55. The predicted octanol–water partition coefficient (Wildman–Crippen LogP) is 3.41. The molecule has 2 aromatic rings. The molecule has 4 heteroatoms. The van der Waals surface area contributed by atoms with Gasteiger partial charge in [-0.15, -0.1) is 0 Å². The molecule has 0 aliphatic rings. The predicted molar refractivity (Wildman–Crippen MR) is 81.3 cm³/mol. The Bertz CT molecular complexity index is 542. The van der Waals surface area contributed by atoms with Gasteiger partial charge in [-0.2, -0.15) is 0 Å².